The van der Waals surface area contributed by atoms with E-state index in [0.29, 0.717) is 121 Å². The molecule has 20 heterocycles. The number of carbonyl (C=O) groups excluding carboxylic acids is 5. The number of nitrogens with one attached hydrogen (secondary N) is 1. The number of rotatable bonds is 16. The van der Waals surface area contributed by atoms with Crippen LogP contribution in [0.1, 0.15) is 208 Å². The first-order chi connectivity index (χ1) is 72.6. The van der Waals surface area contributed by atoms with Gasteiger partial charge < -0.3 is 73.1 Å². The van der Waals surface area contributed by atoms with Gasteiger partial charge in [-0.2, -0.15) is 63.6 Å². The topological polar surface area (TPSA) is 339 Å². The van der Waals surface area contributed by atoms with Gasteiger partial charge in [0.1, 0.15) is 11.5 Å². The Hall–Kier alpha value is -14.4. The number of aromatic nitrogens is 16. The maximum atomic E-state index is 13.5. The number of hydrogen-bond acceptors (Lipinski definition) is 23. The zero-order chi connectivity index (χ0) is 104. The number of fused-ring (bicyclic) bond motifs is 8. The van der Waals surface area contributed by atoms with Gasteiger partial charge in [-0.15, -0.1) is 0 Å². The highest BCUT2D eigenvalue weighted by Crippen LogP contribution is 2.51. The summed E-state index contributed by atoms with van der Waals surface area (Å²) in [6.45, 7) is 16.5. The Balaban J connectivity index is 0.000000117. The van der Waals surface area contributed by atoms with E-state index in [0.717, 1.165) is 256 Å². The molecule has 4 aromatic carbocycles. The van der Waals surface area contributed by atoms with E-state index >= 15 is 0 Å². The van der Waals surface area contributed by atoms with Crippen LogP contribution in [0.15, 0.2) is 104 Å². The first-order valence-electron chi connectivity index (χ1n) is 52.8. The lowest BCUT2D eigenvalue weighted by molar-refractivity contribution is -0.130. The molecule has 0 aliphatic carbocycles. The molecule has 4 saturated heterocycles. The maximum Gasteiger partial charge on any atom is 0.387 e. The molecule has 12 aliphatic heterocycles. The van der Waals surface area contributed by atoms with Crippen LogP contribution in [0.2, 0.25) is 0 Å². The number of amides is 6. The maximum absolute atomic E-state index is 13.5. The van der Waals surface area contributed by atoms with Crippen molar-refractivity contribution in [3.8, 4) is 62.1 Å². The van der Waals surface area contributed by atoms with Crippen molar-refractivity contribution in [1.82, 2.24) is 108 Å². The number of halogens is 4. The highest BCUT2D eigenvalue weighted by molar-refractivity contribution is 5.85. The minimum Gasteiger partial charge on any atom is -0.434 e. The van der Waals surface area contributed by atoms with Gasteiger partial charge in [0.2, 0.25) is 23.6 Å². The predicted octanol–water partition coefficient (Wildman–Crippen LogP) is 15.4. The molecule has 150 heavy (non-hydrogen) atoms. The first-order valence-corrected chi connectivity index (χ1v) is 52.8. The zero-order valence-corrected chi connectivity index (χ0v) is 86.9. The summed E-state index contributed by atoms with van der Waals surface area (Å²) < 4.78 is 96.6. The average Bonchev–Trinajstić information content (AvgIpc) is 1.40. The van der Waals surface area contributed by atoms with Gasteiger partial charge in [-0.05, 0) is 160 Å². The molecule has 0 radical (unpaired) electrons. The summed E-state index contributed by atoms with van der Waals surface area (Å²) in [6.07, 6.45) is 30.4. The standard InChI is InChI=1S/C28H35N7O2.C27H33F2N7O3.C27H32F2N6O3.C27H31N7O2/c1-19(36)32-12-8-24(9-13-32)35-27-10-14-33(20(2)37)18-25(27)28(30-35)34-11-4-5-22-15-21(6-7-26(22)34)23-16-29-31(3)17-23;1-30-27(37)34-9-5-22-21(16-34)25(32-36(22)19-6-10-38-11-7-19)35-8-3-4-17-12-20(18-14-31-33(2)15-18)24(13-23(17)35)39-26(28)29;1-17(36)33-9-5-23-22(16-33)26(31-35(23)20-6-10-37-11-7-20)34-8-3-4-18-12-21(19-14-30-32(2)15-19)25(13-24(18)34)38-27(28)29;1-17-4-8-33(26-10-19(12-28)23(11-22(17)26)20-13-29-31(3)14-20)27-24-15-32(18(2)35)7-5-25(24)34(30-27)21-6-9-36-16-21/h6-7,15-17,24H,4-5,8-14,18H2,1-3H3;12-15,19,26H,3-11,16H2,1-2H3,(H,30,37);12-15,20,27H,3-11,16H2,1-2H3;10-11,13-14,17,21H,4-9,15-16H2,1-3H3/t;;;17?,21-/m...0/s1. The Morgan fingerprint density at radius 1 is 0.393 bits per heavy atom. The van der Waals surface area contributed by atoms with Crippen molar-refractivity contribution in [1.29, 1.82) is 5.26 Å². The molecular formula is C109H131F4N27O10. The Bertz CT molecular complexity index is 7090. The van der Waals surface area contributed by atoms with Gasteiger partial charge in [-0.1, -0.05) is 13.0 Å². The molecular weight excluding hydrogens is 1920 g/mol. The smallest absolute Gasteiger partial charge is 0.387 e. The molecule has 37 nitrogen and oxygen atoms in total. The lowest BCUT2D eigenvalue weighted by Gasteiger charge is -2.35. The normalized spacial score (nSPS) is 18.8. The van der Waals surface area contributed by atoms with E-state index in [2.05, 4.69) is 101 Å². The van der Waals surface area contributed by atoms with Crippen LogP contribution in [0.3, 0.4) is 0 Å². The van der Waals surface area contributed by atoms with Crippen molar-refractivity contribution >= 4 is 75.7 Å². The van der Waals surface area contributed by atoms with Crippen LogP contribution in [0, 0.1) is 11.3 Å². The summed E-state index contributed by atoms with van der Waals surface area (Å²) in [5.41, 5.74) is 25.0. The van der Waals surface area contributed by atoms with E-state index in [4.69, 9.17) is 44.1 Å². The molecule has 2 atom stereocenters. The number of urea groups is 1. The third-order valence-corrected chi connectivity index (χ3v) is 31.9. The fraction of sp³-hybridized carbons (Fsp3) is 0.505. The molecule has 1 N–H and O–H groups in total. The van der Waals surface area contributed by atoms with Gasteiger partial charge in [0, 0.05) is 331 Å². The molecule has 24 rings (SSSR count). The molecule has 6 amide bonds. The number of aryl methyl sites for hydroxylation is 7. The largest absolute Gasteiger partial charge is 0.434 e. The molecule has 8 aromatic heterocycles. The Morgan fingerprint density at radius 3 is 1.16 bits per heavy atom. The van der Waals surface area contributed by atoms with Crippen LogP contribution in [0.5, 0.6) is 11.5 Å². The number of ether oxygens (including phenoxy) is 5. The van der Waals surface area contributed by atoms with E-state index < -0.39 is 13.2 Å². The Morgan fingerprint density at radius 2 is 0.767 bits per heavy atom. The molecule has 4 fully saturated rings. The first kappa shape index (κ1) is 101. The monoisotopic (exact) mass is 2050 g/mol. The SMILES string of the molecule is CC(=O)N1CCC(n2nc(N3CCCc4cc(-c5cnn(C)c5)ccc43)c3c2CCN(C(C)=O)C3)CC1.CC(=O)N1CCc2c(c(N3CCC(C)c4cc(-c5cnn(C)c5)c(C#N)cc43)nn2[C@H]2CCOC2)C1.CC(=O)N1CCc2c(c(N3CCCc4cc(-c5cnn(C)c5)c(OC(F)F)cc43)nn2C2CCOCC2)C1.CNC(=O)N1CCc2c(c(N3CCCc4cc(-c5cnn(C)c5)c(OC(F)F)cc43)nn2C2CCOCC2)C1. The minimum absolute atomic E-state index is 0.0354. The van der Waals surface area contributed by atoms with Crippen LogP contribution in [0.25, 0.3) is 44.5 Å². The van der Waals surface area contributed by atoms with Crippen LogP contribution < -0.4 is 34.4 Å². The summed E-state index contributed by atoms with van der Waals surface area (Å²) in [7, 11) is 9.04. The molecule has 790 valence electrons. The summed E-state index contributed by atoms with van der Waals surface area (Å²) in [6, 6.07) is 21.4. The van der Waals surface area contributed by atoms with E-state index in [1.807, 2.05) is 81.4 Å². The van der Waals surface area contributed by atoms with Gasteiger partial charge in [-0.25, -0.2) is 4.79 Å². The van der Waals surface area contributed by atoms with Crippen molar-refractivity contribution in [2.45, 2.75) is 220 Å². The van der Waals surface area contributed by atoms with E-state index in [9.17, 15) is 46.8 Å². The molecule has 12 aromatic rings. The number of benzene rings is 4. The summed E-state index contributed by atoms with van der Waals surface area (Å²) in [5, 5.41) is 50.7. The minimum atomic E-state index is -2.96. The summed E-state index contributed by atoms with van der Waals surface area (Å²) >= 11 is 0. The summed E-state index contributed by atoms with van der Waals surface area (Å²) in [5.74, 6) is 4.44. The van der Waals surface area contributed by atoms with Gasteiger partial charge in [-0.3, -0.25) is 56.6 Å². The van der Waals surface area contributed by atoms with Crippen molar-refractivity contribution in [2.75, 3.05) is 132 Å². The Labute approximate surface area is 868 Å². The fourth-order valence-corrected chi connectivity index (χ4v) is 24.1. The molecule has 0 bridgehead atoms. The third-order valence-electron chi connectivity index (χ3n) is 31.9. The van der Waals surface area contributed by atoms with Gasteiger partial charge in [0.15, 0.2) is 23.3 Å². The lowest BCUT2D eigenvalue weighted by Crippen LogP contribution is -2.42. The molecule has 12 aliphatic rings. The average molecular weight is 2060 g/mol. The molecule has 0 spiro atoms. The van der Waals surface area contributed by atoms with Crippen LogP contribution in [0.4, 0.5) is 68.4 Å². The fourth-order valence-electron chi connectivity index (χ4n) is 24.1. The summed E-state index contributed by atoms with van der Waals surface area (Å²) in [4.78, 5) is 79.6. The molecule has 0 saturated carbocycles. The lowest BCUT2D eigenvalue weighted by atomic mass is 9.87. The second-order valence-electron chi connectivity index (χ2n) is 41.4. The van der Waals surface area contributed by atoms with Crippen molar-refractivity contribution in [3.05, 3.63) is 177 Å². The number of alkyl halides is 4. The second kappa shape index (κ2) is 43.3. The van der Waals surface area contributed by atoms with Gasteiger partial charge in [0.25, 0.3) is 0 Å². The number of hydrogen-bond donors (Lipinski definition) is 1. The number of likely N-dealkylation sites (tertiary alicyclic amines) is 1. The second-order valence-corrected chi connectivity index (χ2v) is 41.4. The van der Waals surface area contributed by atoms with E-state index in [1.54, 1.807) is 105 Å². The number of anilines is 8. The highest BCUT2D eigenvalue weighted by Gasteiger charge is 2.43. The number of nitrogens with zero attached hydrogens (tertiary/aromatic N) is 26. The highest BCUT2D eigenvalue weighted by atomic mass is 19.3. The number of piperidine rings is 1. The van der Waals surface area contributed by atoms with Crippen LogP contribution in [-0.2, 0) is 133 Å². The number of carbonyl (C=O) groups is 5. The third kappa shape index (κ3) is 20.5. The van der Waals surface area contributed by atoms with Gasteiger partial charge >= 0.3 is 19.3 Å². The van der Waals surface area contributed by atoms with Crippen LogP contribution >= 0.6 is 0 Å². The van der Waals surface area contributed by atoms with Crippen molar-refractivity contribution in [3.63, 3.8) is 0 Å². The van der Waals surface area contributed by atoms with Crippen molar-refractivity contribution in [2.24, 2.45) is 28.2 Å². The van der Waals surface area contributed by atoms with E-state index in [1.165, 1.54) is 39.3 Å². The van der Waals surface area contributed by atoms with E-state index in [-0.39, 0.29) is 65.3 Å². The van der Waals surface area contributed by atoms with Gasteiger partial charge in [0.05, 0.1) is 93.4 Å². The predicted molar refractivity (Wildman–Crippen MR) is 554 cm³/mol. The van der Waals surface area contributed by atoms with Crippen molar-refractivity contribution < 1.29 is 65.2 Å². The molecule has 1 unspecified atom stereocenters. The zero-order valence-electron chi connectivity index (χ0n) is 86.9. The number of nitriles is 1. The Kier molecular flexibility index (Phi) is 29.3. The van der Waals surface area contributed by atoms with Crippen LogP contribution in [-0.4, -0.2) is 258 Å². The molecule has 41 heteroatoms. The quantitative estimate of drug-likeness (QED) is 0.0878.